The van der Waals surface area contributed by atoms with Crippen LogP contribution in [0.1, 0.15) is 12.0 Å². The third-order valence-electron chi connectivity index (χ3n) is 4.80. The molecule has 3 amide bonds. The van der Waals surface area contributed by atoms with Crippen LogP contribution in [0, 0.1) is 0 Å². The van der Waals surface area contributed by atoms with Gasteiger partial charge in [0, 0.05) is 29.0 Å². The quantitative estimate of drug-likeness (QED) is 0.605. The molecule has 3 aromatic rings. The Morgan fingerprint density at radius 3 is 2.64 bits per heavy atom. The number of para-hydroxylation sites is 1. The topological polar surface area (TPSA) is 62.7 Å². The summed E-state index contributed by atoms with van der Waals surface area (Å²) in [5, 5.41) is 0.865. The lowest BCUT2D eigenvalue weighted by Crippen LogP contribution is -2.52. The Labute approximate surface area is 170 Å². The fraction of sp³-hybridized carbons (Fsp3) is 0.190. The summed E-state index contributed by atoms with van der Waals surface area (Å²) in [6, 6.07) is 14.6. The maximum absolute atomic E-state index is 13.2. The molecule has 4 rings (SSSR count). The number of amides is 3. The van der Waals surface area contributed by atoms with Crippen LogP contribution in [0.2, 0.25) is 0 Å². The summed E-state index contributed by atoms with van der Waals surface area (Å²) in [4.78, 5) is 33.0. The van der Waals surface area contributed by atoms with Crippen LogP contribution in [0.25, 0.3) is 10.9 Å². The van der Waals surface area contributed by atoms with Gasteiger partial charge in [-0.15, -0.1) is 0 Å². The molecule has 0 saturated carbocycles. The molecule has 1 fully saturated rings. The number of aromatic nitrogens is 1. The van der Waals surface area contributed by atoms with E-state index in [-0.39, 0.29) is 24.9 Å². The molecule has 0 aliphatic carbocycles. The first-order valence-corrected chi connectivity index (χ1v) is 9.66. The Bertz CT molecular complexity index is 1050. The highest BCUT2D eigenvalue weighted by atomic mass is 79.9. The van der Waals surface area contributed by atoms with Crippen LogP contribution in [-0.2, 0) is 11.3 Å². The predicted octanol–water partition coefficient (Wildman–Crippen LogP) is 4.36. The lowest BCUT2D eigenvalue weighted by molar-refractivity contribution is -0.129. The molecule has 142 valence electrons. The SMILES string of the molecule is COc1ccc(CN2C(=O)CCN(c3ccnc4c(Br)cccc34)C2=O)cc1. The van der Waals surface area contributed by atoms with Gasteiger partial charge in [-0.25, -0.2) is 4.79 Å². The Morgan fingerprint density at radius 2 is 1.89 bits per heavy atom. The number of fused-ring (bicyclic) bond motifs is 1. The van der Waals surface area contributed by atoms with Crippen LogP contribution < -0.4 is 9.64 Å². The third-order valence-corrected chi connectivity index (χ3v) is 5.44. The Morgan fingerprint density at radius 1 is 1.11 bits per heavy atom. The van der Waals surface area contributed by atoms with E-state index in [1.807, 2.05) is 48.5 Å². The summed E-state index contributed by atoms with van der Waals surface area (Å²) in [6.07, 6.45) is 1.96. The summed E-state index contributed by atoms with van der Waals surface area (Å²) >= 11 is 3.51. The van der Waals surface area contributed by atoms with E-state index in [2.05, 4.69) is 20.9 Å². The predicted molar refractivity (Wildman–Crippen MR) is 110 cm³/mol. The van der Waals surface area contributed by atoms with Gasteiger partial charge in [-0.1, -0.05) is 24.3 Å². The number of halogens is 1. The second-order valence-corrected chi connectivity index (χ2v) is 7.33. The summed E-state index contributed by atoms with van der Waals surface area (Å²) in [5.41, 5.74) is 2.40. The second-order valence-electron chi connectivity index (χ2n) is 6.48. The van der Waals surface area contributed by atoms with Gasteiger partial charge in [-0.3, -0.25) is 19.6 Å². The normalized spacial score (nSPS) is 14.6. The van der Waals surface area contributed by atoms with Crippen LogP contribution in [-0.4, -0.2) is 35.5 Å². The first-order valence-electron chi connectivity index (χ1n) is 8.86. The average molecular weight is 440 g/mol. The van der Waals surface area contributed by atoms with Gasteiger partial charge >= 0.3 is 6.03 Å². The van der Waals surface area contributed by atoms with E-state index in [0.717, 1.165) is 32.4 Å². The number of rotatable bonds is 4. The van der Waals surface area contributed by atoms with E-state index in [0.29, 0.717) is 6.54 Å². The summed E-state index contributed by atoms with van der Waals surface area (Å²) in [7, 11) is 1.60. The van der Waals surface area contributed by atoms with E-state index >= 15 is 0 Å². The standard InChI is InChI=1S/C21H18BrN3O3/c1-28-15-7-5-14(6-8-15)13-25-19(26)10-12-24(21(25)27)18-9-11-23-20-16(18)3-2-4-17(20)22/h2-9,11H,10,12-13H2,1H3. The number of pyridine rings is 1. The largest absolute Gasteiger partial charge is 0.497 e. The van der Waals surface area contributed by atoms with Crippen LogP contribution in [0.3, 0.4) is 0 Å². The van der Waals surface area contributed by atoms with Crippen molar-refractivity contribution in [2.45, 2.75) is 13.0 Å². The fourth-order valence-electron chi connectivity index (χ4n) is 3.34. The van der Waals surface area contributed by atoms with Gasteiger partial charge in [-0.05, 0) is 45.8 Å². The number of anilines is 1. The van der Waals surface area contributed by atoms with Crippen molar-refractivity contribution in [2.75, 3.05) is 18.6 Å². The molecule has 1 saturated heterocycles. The molecule has 7 heteroatoms. The van der Waals surface area contributed by atoms with Gasteiger partial charge in [0.1, 0.15) is 5.75 Å². The molecule has 0 spiro atoms. The Balaban J connectivity index is 1.66. The zero-order chi connectivity index (χ0) is 19.7. The van der Waals surface area contributed by atoms with Crippen molar-refractivity contribution in [3.8, 4) is 5.75 Å². The highest BCUT2D eigenvalue weighted by Crippen LogP contribution is 2.32. The maximum atomic E-state index is 13.2. The number of nitrogens with zero attached hydrogens (tertiary/aromatic N) is 3. The van der Waals surface area contributed by atoms with Crippen LogP contribution in [0.5, 0.6) is 5.75 Å². The molecule has 2 aromatic carbocycles. The number of imide groups is 1. The van der Waals surface area contributed by atoms with Crippen molar-refractivity contribution in [1.29, 1.82) is 0 Å². The van der Waals surface area contributed by atoms with Crippen molar-refractivity contribution in [3.63, 3.8) is 0 Å². The van der Waals surface area contributed by atoms with Gasteiger partial charge < -0.3 is 4.74 Å². The zero-order valence-electron chi connectivity index (χ0n) is 15.3. The van der Waals surface area contributed by atoms with Crippen molar-refractivity contribution in [1.82, 2.24) is 9.88 Å². The molecule has 2 heterocycles. The van der Waals surface area contributed by atoms with Gasteiger partial charge in [0.25, 0.3) is 0 Å². The minimum atomic E-state index is -0.320. The third kappa shape index (κ3) is 3.33. The number of carbonyl (C=O) groups excluding carboxylic acids is 2. The maximum Gasteiger partial charge on any atom is 0.331 e. The number of urea groups is 1. The van der Waals surface area contributed by atoms with Gasteiger partial charge in [-0.2, -0.15) is 0 Å². The number of ether oxygens (including phenoxy) is 1. The van der Waals surface area contributed by atoms with Crippen molar-refractivity contribution in [3.05, 3.63) is 64.8 Å². The monoisotopic (exact) mass is 439 g/mol. The molecule has 28 heavy (non-hydrogen) atoms. The van der Waals surface area contributed by atoms with E-state index in [9.17, 15) is 9.59 Å². The molecule has 1 aliphatic rings. The first kappa shape index (κ1) is 18.4. The molecule has 0 radical (unpaired) electrons. The molecule has 0 unspecified atom stereocenters. The number of hydrogen-bond donors (Lipinski definition) is 0. The molecular formula is C21H18BrN3O3. The summed E-state index contributed by atoms with van der Waals surface area (Å²) < 4.78 is 6.02. The number of methoxy groups -OCH3 is 1. The van der Waals surface area contributed by atoms with E-state index in [4.69, 9.17) is 4.74 Å². The van der Waals surface area contributed by atoms with Gasteiger partial charge in [0.05, 0.1) is 24.9 Å². The minimum Gasteiger partial charge on any atom is -0.497 e. The van der Waals surface area contributed by atoms with Crippen molar-refractivity contribution >= 4 is 44.5 Å². The first-order chi connectivity index (χ1) is 13.6. The molecule has 1 aromatic heterocycles. The van der Waals surface area contributed by atoms with Crippen molar-refractivity contribution in [2.24, 2.45) is 0 Å². The second kappa shape index (κ2) is 7.59. The zero-order valence-corrected chi connectivity index (χ0v) is 16.8. The van der Waals surface area contributed by atoms with Gasteiger partial charge in [0.2, 0.25) is 5.91 Å². The van der Waals surface area contributed by atoms with Crippen molar-refractivity contribution < 1.29 is 14.3 Å². The fourth-order valence-corrected chi connectivity index (χ4v) is 3.81. The molecule has 0 atom stereocenters. The molecule has 1 aliphatic heterocycles. The average Bonchev–Trinajstić information content (AvgIpc) is 2.72. The lowest BCUT2D eigenvalue weighted by Gasteiger charge is -2.34. The summed E-state index contributed by atoms with van der Waals surface area (Å²) in [6.45, 7) is 0.577. The Hall–Kier alpha value is -2.93. The highest BCUT2D eigenvalue weighted by Gasteiger charge is 2.33. The van der Waals surface area contributed by atoms with E-state index in [1.54, 1.807) is 18.2 Å². The highest BCUT2D eigenvalue weighted by molar-refractivity contribution is 9.10. The summed E-state index contributed by atoms with van der Waals surface area (Å²) in [5.74, 6) is 0.562. The number of carbonyl (C=O) groups is 2. The molecule has 6 nitrogen and oxygen atoms in total. The van der Waals surface area contributed by atoms with Crippen LogP contribution >= 0.6 is 15.9 Å². The molecule has 0 N–H and O–H groups in total. The van der Waals surface area contributed by atoms with E-state index < -0.39 is 0 Å². The molecule has 0 bridgehead atoms. The Kier molecular flexibility index (Phi) is 5.00. The number of hydrogen-bond acceptors (Lipinski definition) is 4. The van der Waals surface area contributed by atoms with Crippen LogP contribution in [0.4, 0.5) is 10.5 Å². The smallest absolute Gasteiger partial charge is 0.331 e. The minimum absolute atomic E-state index is 0.170. The number of benzene rings is 2. The molecular weight excluding hydrogens is 422 g/mol. The van der Waals surface area contributed by atoms with E-state index in [1.165, 1.54) is 4.90 Å². The van der Waals surface area contributed by atoms with Gasteiger partial charge in [0.15, 0.2) is 0 Å². The lowest BCUT2D eigenvalue weighted by atomic mass is 10.1. The van der Waals surface area contributed by atoms with Crippen LogP contribution in [0.15, 0.2) is 59.2 Å².